The Labute approximate surface area is 149 Å². The number of hydrogen-bond acceptors (Lipinski definition) is 4. The van der Waals surface area contributed by atoms with Crippen molar-refractivity contribution in [1.82, 2.24) is 20.1 Å². The third-order valence-corrected chi connectivity index (χ3v) is 4.91. The fourth-order valence-electron chi connectivity index (χ4n) is 2.45. The Morgan fingerprint density at radius 3 is 2.54 bits per heavy atom. The van der Waals surface area contributed by atoms with Crippen molar-refractivity contribution in [2.75, 3.05) is 0 Å². The van der Waals surface area contributed by atoms with Gasteiger partial charge in [-0.05, 0) is 19.4 Å². The molecule has 7 heteroatoms. The van der Waals surface area contributed by atoms with Crippen LogP contribution in [0.4, 0.5) is 0 Å². The van der Waals surface area contributed by atoms with Crippen molar-refractivity contribution < 1.29 is 4.79 Å². The fraction of sp³-hybridized carbons (Fsp3) is 0.235. The smallest absolute Gasteiger partial charge is 0.256 e. The lowest BCUT2D eigenvalue weighted by molar-refractivity contribution is 0.0950. The standard InChI is InChI=1S/C17H17ClN4OS/c1-10-15(16(18)22(3)21-10)17(23)19-8-12-4-6-13(7-5-12)14-9-24-11(2)20-14/h4-7,9H,8H2,1-3H3,(H,19,23). The molecule has 0 saturated heterocycles. The molecular weight excluding hydrogens is 344 g/mol. The van der Waals surface area contributed by atoms with E-state index >= 15 is 0 Å². The topological polar surface area (TPSA) is 59.8 Å². The van der Waals surface area contributed by atoms with Crippen LogP contribution >= 0.6 is 22.9 Å². The van der Waals surface area contributed by atoms with E-state index in [-0.39, 0.29) is 5.91 Å². The normalized spacial score (nSPS) is 10.8. The molecule has 0 bridgehead atoms. The molecule has 0 aliphatic carbocycles. The Bertz CT molecular complexity index is 883. The average Bonchev–Trinajstić information content (AvgIpc) is 3.09. The number of carbonyl (C=O) groups is 1. The van der Waals surface area contributed by atoms with Crippen LogP contribution in [0.15, 0.2) is 29.6 Å². The molecule has 1 N–H and O–H groups in total. The summed E-state index contributed by atoms with van der Waals surface area (Å²) in [6, 6.07) is 8.00. The van der Waals surface area contributed by atoms with Gasteiger partial charge in [-0.15, -0.1) is 11.3 Å². The van der Waals surface area contributed by atoms with Crippen LogP contribution in [-0.2, 0) is 13.6 Å². The molecule has 0 aliphatic heterocycles. The van der Waals surface area contributed by atoms with Crippen LogP contribution < -0.4 is 5.32 Å². The lowest BCUT2D eigenvalue weighted by Crippen LogP contribution is -2.23. The Morgan fingerprint density at radius 1 is 1.29 bits per heavy atom. The number of carbonyl (C=O) groups excluding carboxylic acids is 1. The number of thiazole rings is 1. The summed E-state index contributed by atoms with van der Waals surface area (Å²) >= 11 is 7.75. The van der Waals surface area contributed by atoms with Crippen molar-refractivity contribution in [1.29, 1.82) is 0 Å². The largest absolute Gasteiger partial charge is 0.348 e. The van der Waals surface area contributed by atoms with E-state index < -0.39 is 0 Å². The number of amides is 1. The van der Waals surface area contributed by atoms with Crippen molar-refractivity contribution in [2.45, 2.75) is 20.4 Å². The van der Waals surface area contributed by atoms with Gasteiger partial charge in [0.1, 0.15) is 5.15 Å². The van der Waals surface area contributed by atoms with Gasteiger partial charge in [0.2, 0.25) is 0 Å². The van der Waals surface area contributed by atoms with Gasteiger partial charge < -0.3 is 5.32 Å². The van der Waals surface area contributed by atoms with Crippen LogP contribution in [0, 0.1) is 13.8 Å². The molecule has 1 aromatic carbocycles. The highest BCUT2D eigenvalue weighted by Crippen LogP contribution is 2.22. The molecule has 0 radical (unpaired) electrons. The van der Waals surface area contributed by atoms with Crippen LogP contribution in [0.25, 0.3) is 11.3 Å². The summed E-state index contributed by atoms with van der Waals surface area (Å²) in [6.07, 6.45) is 0. The number of nitrogens with one attached hydrogen (secondary N) is 1. The Hall–Kier alpha value is -2.18. The Morgan fingerprint density at radius 2 is 2.00 bits per heavy atom. The minimum Gasteiger partial charge on any atom is -0.348 e. The van der Waals surface area contributed by atoms with E-state index in [9.17, 15) is 4.79 Å². The minimum absolute atomic E-state index is 0.218. The van der Waals surface area contributed by atoms with Crippen molar-refractivity contribution >= 4 is 28.8 Å². The first-order valence-corrected chi connectivity index (χ1v) is 8.70. The summed E-state index contributed by atoms with van der Waals surface area (Å²) in [7, 11) is 1.71. The molecule has 24 heavy (non-hydrogen) atoms. The zero-order chi connectivity index (χ0) is 17.3. The molecule has 3 aromatic rings. The number of hydrogen-bond donors (Lipinski definition) is 1. The second-order valence-corrected chi connectivity index (χ2v) is 6.93. The number of halogens is 1. The highest BCUT2D eigenvalue weighted by molar-refractivity contribution is 7.09. The third-order valence-electron chi connectivity index (χ3n) is 3.70. The molecule has 0 fully saturated rings. The molecule has 2 aromatic heterocycles. The molecule has 1 amide bonds. The Kier molecular flexibility index (Phi) is 4.69. The average molecular weight is 361 g/mol. The first-order chi connectivity index (χ1) is 11.5. The van der Waals surface area contributed by atoms with Crippen LogP contribution in [0.5, 0.6) is 0 Å². The van der Waals surface area contributed by atoms with Gasteiger partial charge in [0, 0.05) is 24.5 Å². The van der Waals surface area contributed by atoms with Crippen molar-refractivity contribution in [2.24, 2.45) is 7.05 Å². The van der Waals surface area contributed by atoms with Crippen LogP contribution in [0.2, 0.25) is 5.15 Å². The first-order valence-electron chi connectivity index (χ1n) is 7.44. The second-order valence-electron chi connectivity index (χ2n) is 5.51. The number of aromatic nitrogens is 3. The molecule has 0 spiro atoms. The van der Waals surface area contributed by atoms with Crippen molar-refractivity contribution in [3.05, 3.63) is 56.6 Å². The van der Waals surface area contributed by atoms with Gasteiger partial charge in [-0.2, -0.15) is 5.10 Å². The SMILES string of the molecule is Cc1nc(-c2ccc(CNC(=O)c3c(C)nn(C)c3Cl)cc2)cs1. The van der Waals surface area contributed by atoms with Crippen molar-refractivity contribution in [3.8, 4) is 11.3 Å². The highest BCUT2D eigenvalue weighted by Gasteiger charge is 2.18. The first kappa shape index (κ1) is 16.7. The summed E-state index contributed by atoms with van der Waals surface area (Å²) in [5.41, 5.74) is 4.10. The summed E-state index contributed by atoms with van der Waals surface area (Å²) in [5, 5.41) is 10.5. The zero-order valence-electron chi connectivity index (χ0n) is 13.6. The quantitative estimate of drug-likeness (QED) is 0.770. The van der Waals surface area contributed by atoms with E-state index in [1.807, 2.05) is 36.6 Å². The minimum atomic E-state index is -0.218. The van der Waals surface area contributed by atoms with E-state index in [1.165, 1.54) is 4.68 Å². The summed E-state index contributed by atoms with van der Waals surface area (Å²) in [5.74, 6) is -0.218. The number of nitrogens with zero attached hydrogens (tertiary/aromatic N) is 3. The molecule has 0 unspecified atom stereocenters. The zero-order valence-corrected chi connectivity index (χ0v) is 15.2. The van der Waals surface area contributed by atoms with Gasteiger partial charge in [0.05, 0.1) is 22.0 Å². The maximum atomic E-state index is 12.3. The van der Waals surface area contributed by atoms with Gasteiger partial charge in [-0.25, -0.2) is 4.98 Å². The molecule has 0 saturated carbocycles. The lowest BCUT2D eigenvalue weighted by atomic mass is 10.1. The predicted molar refractivity (Wildman–Crippen MR) is 96.4 cm³/mol. The summed E-state index contributed by atoms with van der Waals surface area (Å²) in [4.78, 5) is 16.8. The van der Waals surface area contributed by atoms with E-state index in [2.05, 4.69) is 15.4 Å². The fourth-order valence-corrected chi connectivity index (χ4v) is 3.33. The van der Waals surface area contributed by atoms with Crippen molar-refractivity contribution in [3.63, 3.8) is 0 Å². The second kappa shape index (κ2) is 6.75. The molecule has 124 valence electrons. The predicted octanol–water partition coefficient (Wildman–Crippen LogP) is 3.74. The van der Waals surface area contributed by atoms with E-state index in [0.717, 1.165) is 21.8 Å². The van der Waals surface area contributed by atoms with Crippen LogP contribution in [0.3, 0.4) is 0 Å². The summed E-state index contributed by atoms with van der Waals surface area (Å²) < 4.78 is 1.50. The van der Waals surface area contributed by atoms with E-state index in [0.29, 0.717) is 23.0 Å². The number of aryl methyl sites for hydroxylation is 3. The monoisotopic (exact) mass is 360 g/mol. The number of rotatable bonds is 4. The molecule has 3 rings (SSSR count). The highest BCUT2D eigenvalue weighted by atomic mass is 35.5. The van der Waals surface area contributed by atoms with Crippen LogP contribution in [-0.4, -0.2) is 20.7 Å². The van der Waals surface area contributed by atoms with Crippen LogP contribution in [0.1, 0.15) is 26.6 Å². The molecular formula is C17H17ClN4OS. The third kappa shape index (κ3) is 3.34. The summed E-state index contributed by atoms with van der Waals surface area (Å²) in [6.45, 7) is 4.19. The van der Waals surface area contributed by atoms with Gasteiger partial charge in [0.25, 0.3) is 5.91 Å². The van der Waals surface area contributed by atoms with Gasteiger partial charge >= 0.3 is 0 Å². The molecule has 0 atom stereocenters. The lowest BCUT2D eigenvalue weighted by Gasteiger charge is -2.06. The van der Waals surface area contributed by atoms with E-state index in [1.54, 1.807) is 25.3 Å². The molecule has 0 aliphatic rings. The Balaban J connectivity index is 1.67. The molecule has 2 heterocycles. The molecule has 5 nitrogen and oxygen atoms in total. The maximum absolute atomic E-state index is 12.3. The van der Waals surface area contributed by atoms with Gasteiger partial charge in [0.15, 0.2) is 0 Å². The van der Waals surface area contributed by atoms with E-state index in [4.69, 9.17) is 11.6 Å². The number of benzene rings is 1. The maximum Gasteiger partial charge on any atom is 0.256 e. The van der Waals surface area contributed by atoms with Gasteiger partial charge in [-0.1, -0.05) is 35.9 Å². The van der Waals surface area contributed by atoms with Gasteiger partial charge in [-0.3, -0.25) is 9.48 Å².